The first-order valence-corrected chi connectivity index (χ1v) is 11.7. The molecule has 30 heavy (non-hydrogen) atoms. The average molecular weight is 553 g/mol. The molecular weight excluding hydrogens is 515 g/mol. The fraction of sp³-hybridized carbons (Fsp3) is 0.762. The van der Waals surface area contributed by atoms with Crippen LogP contribution in [0, 0.1) is 5.92 Å². The molecule has 2 saturated heterocycles. The zero-order valence-corrected chi connectivity index (χ0v) is 21.2. The third kappa shape index (κ3) is 8.96. The van der Waals surface area contributed by atoms with Gasteiger partial charge in [-0.2, -0.15) is 0 Å². The summed E-state index contributed by atoms with van der Waals surface area (Å²) < 4.78 is 16.8. The lowest BCUT2D eigenvalue weighted by molar-refractivity contribution is 0.0176. The van der Waals surface area contributed by atoms with Crippen molar-refractivity contribution < 1.29 is 14.2 Å². The number of morpholine rings is 1. The first-order chi connectivity index (χ1) is 14.4. The molecule has 1 atom stereocenters. The lowest BCUT2D eigenvalue weighted by Crippen LogP contribution is -2.46. The number of ether oxygens (including phenoxy) is 3. The Labute approximate surface area is 202 Å². The van der Waals surface area contributed by atoms with Crippen LogP contribution in [0.25, 0.3) is 0 Å². The normalized spacial score (nSPS) is 19.8. The van der Waals surface area contributed by atoms with E-state index in [-0.39, 0.29) is 24.0 Å². The van der Waals surface area contributed by atoms with Gasteiger partial charge in [0.15, 0.2) is 5.96 Å². The highest BCUT2D eigenvalue weighted by molar-refractivity contribution is 14.0. The van der Waals surface area contributed by atoms with Crippen molar-refractivity contribution in [3.8, 4) is 0 Å². The highest BCUT2D eigenvalue weighted by Crippen LogP contribution is 2.25. The van der Waals surface area contributed by atoms with Crippen molar-refractivity contribution in [2.24, 2.45) is 10.9 Å². The molecule has 1 unspecified atom stereocenters. The quantitative estimate of drug-likeness (QED) is 0.202. The Bertz CT molecular complexity index is 579. The SMILES string of the molecule is CN=C(NCCCOCC1CCOCC1)NCC(c1cccs1)N1CCOCC1.I. The Balaban J connectivity index is 0.00000320. The molecule has 1 aromatic heterocycles. The van der Waals surface area contributed by atoms with E-state index in [1.807, 2.05) is 18.4 Å². The maximum atomic E-state index is 5.84. The van der Waals surface area contributed by atoms with Crippen molar-refractivity contribution in [2.75, 3.05) is 72.9 Å². The van der Waals surface area contributed by atoms with Crippen molar-refractivity contribution in [1.29, 1.82) is 0 Å². The summed E-state index contributed by atoms with van der Waals surface area (Å²) in [7, 11) is 1.83. The zero-order chi connectivity index (χ0) is 20.2. The molecule has 2 fully saturated rings. The molecule has 0 saturated carbocycles. The molecule has 0 aromatic carbocycles. The van der Waals surface area contributed by atoms with E-state index in [1.54, 1.807) is 0 Å². The van der Waals surface area contributed by atoms with Gasteiger partial charge in [-0.05, 0) is 36.6 Å². The molecule has 0 spiro atoms. The summed E-state index contributed by atoms with van der Waals surface area (Å²) in [5.74, 6) is 1.52. The van der Waals surface area contributed by atoms with E-state index in [9.17, 15) is 0 Å². The topological polar surface area (TPSA) is 67.4 Å². The van der Waals surface area contributed by atoms with Crippen molar-refractivity contribution in [2.45, 2.75) is 25.3 Å². The number of hydrogen-bond acceptors (Lipinski definition) is 6. The average Bonchev–Trinajstić information content (AvgIpc) is 3.31. The first kappa shape index (κ1) is 25.8. The lowest BCUT2D eigenvalue weighted by atomic mass is 10.0. The van der Waals surface area contributed by atoms with Crippen LogP contribution >= 0.6 is 35.3 Å². The zero-order valence-electron chi connectivity index (χ0n) is 18.0. The molecule has 172 valence electrons. The number of guanidine groups is 1. The Morgan fingerprint density at radius 2 is 2.00 bits per heavy atom. The molecule has 0 bridgehead atoms. The van der Waals surface area contributed by atoms with E-state index in [0.717, 1.165) is 91.0 Å². The number of halogens is 1. The number of aliphatic imine (C=N–C) groups is 1. The van der Waals surface area contributed by atoms with Crippen molar-refractivity contribution in [1.82, 2.24) is 15.5 Å². The highest BCUT2D eigenvalue weighted by Gasteiger charge is 2.23. The van der Waals surface area contributed by atoms with Crippen LogP contribution < -0.4 is 10.6 Å². The minimum Gasteiger partial charge on any atom is -0.381 e. The van der Waals surface area contributed by atoms with Crippen LogP contribution in [0.1, 0.15) is 30.2 Å². The second-order valence-electron chi connectivity index (χ2n) is 7.54. The summed E-state index contributed by atoms with van der Waals surface area (Å²) in [6, 6.07) is 4.69. The largest absolute Gasteiger partial charge is 0.381 e. The Morgan fingerprint density at radius 1 is 1.23 bits per heavy atom. The van der Waals surface area contributed by atoms with E-state index in [4.69, 9.17) is 14.2 Å². The number of nitrogens with one attached hydrogen (secondary N) is 2. The van der Waals surface area contributed by atoms with Gasteiger partial charge in [0.05, 0.1) is 19.3 Å². The molecule has 0 aliphatic carbocycles. The van der Waals surface area contributed by atoms with Gasteiger partial charge < -0.3 is 24.8 Å². The Hall–Kier alpha value is -0.460. The Morgan fingerprint density at radius 3 is 2.70 bits per heavy atom. The lowest BCUT2D eigenvalue weighted by Gasteiger charge is -2.34. The monoisotopic (exact) mass is 552 g/mol. The predicted octanol–water partition coefficient (Wildman–Crippen LogP) is 2.74. The van der Waals surface area contributed by atoms with Crippen LogP contribution in [0.2, 0.25) is 0 Å². The smallest absolute Gasteiger partial charge is 0.191 e. The van der Waals surface area contributed by atoms with E-state index in [0.29, 0.717) is 12.0 Å². The summed E-state index contributed by atoms with van der Waals surface area (Å²) in [5, 5.41) is 9.07. The van der Waals surface area contributed by atoms with Gasteiger partial charge in [0.2, 0.25) is 0 Å². The second kappa shape index (κ2) is 15.4. The van der Waals surface area contributed by atoms with Gasteiger partial charge in [-0.15, -0.1) is 35.3 Å². The number of rotatable bonds is 10. The van der Waals surface area contributed by atoms with Gasteiger partial charge in [0.1, 0.15) is 0 Å². The van der Waals surface area contributed by atoms with Crippen LogP contribution in [0.5, 0.6) is 0 Å². The fourth-order valence-corrected chi connectivity index (χ4v) is 4.60. The summed E-state index contributed by atoms with van der Waals surface area (Å²) >= 11 is 1.82. The number of nitrogens with zero attached hydrogens (tertiary/aromatic N) is 2. The molecule has 2 aliphatic rings. The van der Waals surface area contributed by atoms with Crippen molar-refractivity contribution in [3.63, 3.8) is 0 Å². The maximum absolute atomic E-state index is 5.84. The van der Waals surface area contributed by atoms with Gasteiger partial charge >= 0.3 is 0 Å². The molecule has 2 N–H and O–H groups in total. The van der Waals surface area contributed by atoms with Crippen molar-refractivity contribution >= 4 is 41.3 Å². The molecule has 2 aliphatic heterocycles. The standard InChI is InChI=1S/C21H36N4O3S.HI/c1-22-21(23-7-3-10-28-17-18-5-11-26-12-6-18)24-16-19(20-4-2-15-29-20)25-8-13-27-14-9-25;/h2,4,15,18-19H,3,5-14,16-17H2,1H3,(H2,22,23,24);1H. The Kier molecular flexibility index (Phi) is 13.2. The second-order valence-corrected chi connectivity index (χ2v) is 8.52. The summed E-state index contributed by atoms with van der Waals surface area (Å²) in [6.45, 7) is 8.66. The first-order valence-electron chi connectivity index (χ1n) is 10.8. The molecule has 9 heteroatoms. The van der Waals surface area contributed by atoms with Gasteiger partial charge in [0, 0.05) is 64.5 Å². The summed E-state index contributed by atoms with van der Waals surface area (Å²) in [4.78, 5) is 8.26. The van der Waals surface area contributed by atoms with Crippen LogP contribution in [-0.4, -0.2) is 83.7 Å². The number of hydrogen-bond donors (Lipinski definition) is 2. The van der Waals surface area contributed by atoms with E-state index in [1.165, 1.54) is 4.88 Å². The predicted molar refractivity (Wildman–Crippen MR) is 133 cm³/mol. The van der Waals surface area contributed by atoms with E-state index in [2.05, 4.69) is 38.0 Å². The molecule has 0 radical (unpaired) electrons. The fourth-order valence-electron chi connectivity index (χ4n) is 3.74. The van der Waals surface area contributed by atoms with Gasteiger partial charge in [0.25, 0.3) is 0 Å². The molecule has 0 amide bonds. The summed E-state index contributed by atoms with van der Waals surface area (Å²) in [5.41, 5.74) is 0. The van der Waals surface area contributed by atoms with Gasteiger partial charge in [-0.25, -0.2) is 0 Å². The highest BCUT2D eigenvalue weighted by atomic mass is 127. The van der Waals surface area contributed by atoms with Crippen LogP contribution in [-0.2, 0) is 14.2 Å². The minimum absolute atomic E-state index is 0. The maximum Gasteiger partial charge on any atom is 0.191 e. The summed E-state index contributed by atoms with van der Waals surface area (Å²) in [6.07, 6.45) is 3.23. The van der Waals surface area contributed by atoms with Crippen LogP contribution in [0.3, 0.4) is 0 Å². The molecule has 3 heterocycles. The third-order valence-corrected chi connectivity index (χ3v) is 6.47. The number of thiophene rings is 1. The molecule has 3 rings (SSSR count). The van der Waals surface area contributed by atoms with Gasteiger partial charge in [-0.3, -0.25) is 9.89 Å². The third-order valence-electron chi connectivity index (χ3n) is 5.50. The molecular formula is C21H37IN4O3S. The van der Waals surface area contributed by atoms with Crippen LogP contribution in [0.15, 0.2) is 22.5 Å². The molecule has 1 aromatic rings. The van der Waals surface area contributed by atoms with Gasteiger partial charge in [-0.1, -0.05) is 6.07 Å². The van der Waals surface area contributed by atoms with Crippen molar-refractivity contribution in [3.05, 3.63) is 22.4 Å². The van der Waals surface area contributed by atoms with Crippen LogP contribution in [0.4, 0.5) is 0 Å². The minimum atomic E-state index is 0. The molecule has 7 nitrogen and oxygen atoms in total. The van der Waals surface area contributed by atoms with E-state index >= 15 is 0 Å². The van der Waals surface area contributed by atoms with E-state index < -0.39 is 0 Å².